The quantitative estimate of drug-likeness (QED) is 0.796. The smallest absolute Gasteiger partial charge is 0.0589 e. The van der Waals surface area contributed by atoms with Gasteiger partial charge < -0.3 is 10.5 Å². The summed E-state index contributed by atoms with van der Waals surface area (Å²) in [5.41, 5.74) is 8.11. The zero-order chi connectivity index (χ0) is 14.3. The molecule has 0 saturated carbocycles. The summed E-state index contributed by atoms with van der Waals surface area (Å²) in [6.07, 6.45) is 1.14. The minimum Gasteiger partial charge on any atom is -0.383 e. The molecule has 2 N–H and O–H groups in total. The summed E-state index contributed by atoms with van der Waals surface area (Å²) in [7, 11) is 1.75. The van der Waals surface area contributed by atoms with E-state index in [1.54, 1.807) is 7.11 Å². The van der Waals surface area contributed by atoms with Gasteiger partial charge in [0.2, 0.25) is 0 Å². The van der Waals surface area contributed by atoms with Crippen molar-refractivity contribution in [2.24, 2.45) is 5.73 Å². The first-order valence-electron chi connectivity index (χ1n) is 6.82. The summed E-state index contributed by atoms with van der Waals surface area (Å²) in [5.74, 6) is 0. The molecule has 19 heavy (non-hydrogen) atoms. The molecule has 1 unspecified atom stereocenters. The summed E-state index contributed by atoms with van der Waals surface area (Å²) in [5, 5.41) is 0. The second-order valence-corrected chi connectivity index (χ2v) is 5.70. The second kappa shape index (κ2) is 8.69. The summed E-state index contributed by atoms with van der Waals surface area (Å²) < 4.78 is 6.34. The van der Waals surface area contributed by atoms with Crippen molar-refractivity contribution in [1.82, 2.24) is 4.90 Å². The Bertz CT molecular complexity index is 384. The van der Waals surface area contributed by atoms with Crippen LogP contribution in [0.25, 0.3) is 0 Å². The van der Waals surface area contributed by atoms with Gasteiger partial charge in [-0.25, -0.2) is 0 Å². The first kappa shape index (κ1) is 16.6. The molecule has 0 aliphatic rings. The van der Waals surface area contributed by atoms with Crippen molar-refractivity contribution >= 4 is 15.9 Å². The second-order valence-electron chi connectivity index (χ2n) is 4.85. The fourth-order valence-electron chi connectivity index (χ4n) is 1.99. The topological polar surface area (TPSA) is 38.5 Å². The molecule has 1 aromatic carbocycles. The van der Waals surface area contributed by atoms with E-state index in [1.807, 2.05) is 0 Å². The molecule has 108 valence electrons. The van der Waals surface area contributed by atoms with Crippen LogP contribution < -0.4 is 5.73 Å². The first-order valence-corrected chi connectivity index (χ1v) is 7.62. The molecular weight excluding hydrogens is 304 g/mol. The van der Waals surface area contributed by atoms with Crippen LogP contribution in [-0.2, 0) is 17.8 Å². The Morgan fingerprint density at radius 1 is 1.42 bits per heavy atom. The molecule has 4 heteroatoms. The first-order chi connectivity index (χ1) is 9.12. The molecule has 1 aromatic rings. The van der Waals surface area contributed by atoms with Crippen molar-refractivity contribution in [3.05, 3.63) is 33.8 Å². The standard InChI is InChI=1S/C15H25BrN2O/c1-4-12(2)18(7-8-19-3)11-14-6-5-13(10-17)9-15(14)16/h5-6,9,12H,4,7-8,10-11,17H2,1-3H3. The van der Waals surface area contributed by atoms with Crippen LogP contribution in [0.2, 0.25) is 0 Å². The van der Waals surface area contributed by atoms with Gasteiger partial charge in [0, 0.05) is 37.3 Å². The lowest BCUT2D eigenvalue weighted by Gasteiger charge is -2.28. The van der Waals surface area contributed by atoms with Gasteiger partial charge in [0.25, 0.3) is 0 Å². The Hall–Kier alpha value is -0.420. The molecule has 0 saturated heterocycles. The Morgan fingerprint density at radius 3 is 2.68 bits per heavy atom. The van der Waals surface area contributed by atoms with Crippen molar-refractivity contribution in [3.63, 3.8) is 0 Å². The Labute approximate surface area is 125 Å². The van der Waals surface area contributed by atoms with Crippen molar-refractivity contribution < 1.29 is 4.74 Å². The zero-order valence-corrected chi connectivity index (χ0v) is 13.7. The van der Waals surface area contributed by atoms with E-state index in [-0.39, 0.29) is 0 Å². The van der Waals surface area contributed by atoms with Crippen LogP contribution >= 0.6 is 15.9 Å². The highest BCUT2D eigenvalue weighted by atomic mass is 79.9. The molecule has 0 aliphatic heterocycles. The van der Waals surface area contributed by atoms with E-state index in [0.717, 1.165) is 36.2 Å². The van der Waals surface area contributed by atoms with Gasteiger partial charge in [-0.3, -0.25) is 4.90 Å². The number of hydrogen-bond acceptors (Lipinski definition) is 3. The van der Waals surface area contributed by atoms with Gasteiger partial charge in [0.15, 0.2) is 0 Å². The average Bonchev–Trinajstić information content (AvgIpc) is 2.43. The highest BCUT2D eigenvalue weighted by Gasteiger charge is 2.14. The van der Waals surface area contributed by atoms with Gasteiger partial charge in [-0.2, -0.15) is 0 Å². The molecular formula is C15H25BrN2O. The average molecular weight is 329 g/mol. The molecule has 0 spiro atoms. The van der Waals surface area contributed by atoms with Crippen LogP contribution in [0.3, 0.4) is 0 Å². The van der Waals surface area contributed by atoms with Gasteiger partial charge >= 0.3 is 0 Å². The molecule has 1 atom stereocenters. The third kappa shape index (κ3) is 5.22. The zero-order valence-electron chi connectivity index (χ0n) is 12.2. The monoisotopic (exact) mass is 328 g/mol. The fraction of sp³-hybridized carbons (Fsp3) is 0.600. The third-order valence-electron chi connectivity index (χ3n) is 3.52. The lowest BCUT2D eigenvalue weighted by Crippen LogP contribution is -2.35. The molecule has 0 fully saturated rings. The lowest BCUT2D eigenvalue weighted by atomic mass is 10.1. The predicted octanol–water partition coefficient (Wildman–Crippen LogP) is 3.15. The van der Waals surface area contributed by atoms with Crippen LogP contribution in [0.15, 0.2) is 22.7 Å². The van der Waals surface area contributed by atoms with Crippen LogP contribution in [0.4, 0.5) is 0 Å². The largest absolute Gasteiger partial charge is 0.383 e. The molecule has 0 heterocycles. The van der Waals surface area contributed by atoms with E-state index < -0.39 is 0 Å². The van der Waals surface area contributed by atoms with Crippen molar-refractivity contribution in [3.8, 4) is 0 Å². The molecule has 0 amide bonds. The summed E-state index contributed by atoms with van der Waals surface area (Å²) in [6, 6.07) is 6.93. The van der Waals surface area contributed by atoms with Crippen LogP contribution in [0, 0.1) is 0 Å². The lowest BCUT2D eigenvalue weighted by molar-refractivity contribution is 0.118. The van der Waals surface area contributed by atoms with Gasteiger partial charge in [-0.15, -0.1) is 0 Å². The van der Waals surface area contributed by atoms with E-state index in [4.69, 9.17) is 10.5 Å². The number of ether oxygens (including phenoxy) is 1. The molecule has 0 bridgehead atoms. The van der Waals surface area contributed by atoms with Crippen molar-refractivity contribution in [2.45, 2.75) is 39.4 Å². The maximum atomic E-state index is 5.66. The van der Waals surface area contributed by atoms with Crippen LogP contribution in [0.1, 0.15) is 31.4 Å². The van der Waals surface area contributed by atoms with Gasteiger partial charge in [0.05, 0.1) is 6.61 Å². The van der Waals surface area contributed by atoms with E-state index >= 15 is 0 Å². The van der Waals surface area contributed by atoms with Crippen molar-refractivity contribution in [1.29, 1.82) is 0 Å². The molecule has 0 aromatic heterocycles. The summed E-state index contributed by atoms with van der Waals surface area (Å²) >= 11 is 3.64. The number of nitrogens with two attached hydrogens (primary N) is 1. The fourth-order valence-corrected chi connectivity index (χ4v) is 2.54. The van der Waals surface area contributed by atoms with Crippen LogP contribution in [0.5, 0.6) is 0 Å². The van der Waals surface area contributed by atoms with Crippen molar-refractivity contribution in [2.75, 3.05) is 20.3 Å². The Morgan fingerprint density at radius 2 is 2.16 bits per heavy atom. The number of nitrogens with zero attached hydrogens (tertiary/aromatic N) is 1. The van der Waals surface area contributed by atoms with Gasteiger partial charge in [-0.1, -0.05) is 35.0 Å². The maximum Gasteiger partial charge on any atom is 0.0589 e. The van der Waals surface area contributed by atoms with E-state index in [2.05, 4.69) is 52.9 Å². The van der Waals surface area contributed by atoms with Gasteiger partial charge in [-0.05, 0) is 30.5 Å². The van der Waals surface area contributed by atoms with Crippen LogP contribution in [-0.4, -0.2) is 31.2 Å². The molecule has 1 rings (SSSR count). The van der Waals surface area contributed by atoms with E-state index in [9.17, 15) is 0 Å². The number of hydrogen-bond donors (Lipinski definition) is 1. The van der Waals surface area contributed by atoms with E-state index in [1.165, 1.54) is 5.56 Å². The number of benzene rings is 1. The number of methoxy groups -OCH3 is 1. The number of rotatable bonds is 8. The third-order valence-corrected chi connectivity index (χ3v) is 4.26. The van der Waals surface area contributed by atoms with Gasteiger partial charge in [0.1, 0.15) is 0 Å². The molecule has 3 nitrogen and oxygen atoms in total. The number of halogens is 1. The highest BCUT2D eigenvalue weighted by molar-refractivity contribution is 9.10. The Balaban J connectivity index is 2.77. The summed E-state index contributed by atoms with van der Waals surface area (Å²) in [6.45, 7) is 7.72. The SMILES string of the molecule is CCC(C)N(CCOC)Cc1ccc(CN)cc1Br. The highest BCUT2D eigenvalue weighted by Crippen LogP contribution is 2.21. The molecule has 0 aliphatic carbocycles. The normalized spacial score (nSPS) is 12.9. The van der Waals surface area contributed by atoms with E-state index in [0.29, 0.717) is 12.6 Å². The Kier molecular flexibility index (Phi) is 7.61. The minimum atomic E-state index is 0.552. The molecule has 0 radical (unpaired) electrons. The minimum absolute atomic E-state index is 0.552. The maximum absolute atomic E-state index is 5.66. The summed E-state index contributed by atoms with van der Waals surface area (Å²) in [4.78, 5) is 2.45. The predicted molar refractivity (Wildman–Crippen MR) is 84.1 cm³/mol.